The van der Waals surface area contributed by atoms with Gasteiger partial charge in [-0.05, 0) is 42.8 Å². The van der Waals surface area contributed by atoms with Crippen LogP contribution in [0.2, 0.25) is 0 Å². The maximum atomic E-state index is 12.8. The molecule has 0 saturated heterocycles. The number of carbonyl (C=O) groups excluding carboxylic acids is 1. The van der Waals surface area contributed by atoms with Crippen LogP contribution >= 0.6 is 0 Å². The second kappa shape index (κ2) is 11.5. The summed E-state index contributed by atoms with van der Waals surface area (Å²) < 4.78 is 62.2. The fraction of sp³-hybridized carbons (Fsp3) is 0.409. The van der Waals surface area contributed by atoms with Crippen molar-refractivity contribution >= 4 is 31.6 Å². The van der Waals surface area contributed by atoms with Crippen molar-refractivity contribution in [1.82, 2.24) is 9.62 Å². The van der Waals surface area contributed by atoms with Gasteiger partial charge in [-0.3, -0.25) is 9.10 Å². The zero-order chi connectivity index (χ0) is 25.5. The largest absolute Gasteiger partial charge is 0.497 e. The molecule has 2 rings (SSSR count). The van der Waals surface area contributed by atoms with E-state index in [9.17, 15) is 21.6 Å². The Hall–Kier alpha value is -2.83. The van der Waals surface area contributed by atoms with Gasteiger partial charge in [0.2, 0.25) is 26.0 Å². The highest BCUT2D eigenvalue weighted by Crippen LogP contribution is 2.26. The van der Waals surface area contributed by atoms with E-state index in [4.69, 9.17) is 9.47 Å². The van der Waals surface area contributed by atoms with Crippen LogP contribution in [0, 0.1) is 0 Å². The summed E-state index contributed by atoms with van der Waals surface area (Å²) in [6.07, 6.45) is 1.30. The lowest BCUT2D eigenvalue weighted by atomic mass is 10.2. The van der Waals surface area contributed by atoms with E-state index >= 15 is 0 Å². The lowest BCUT2D eigenvalue weighted by Crippen LogP contribution is -2.50. The second-order valence-electron chi connectivity index (χ2n) is 7.58. The highest BCUT2D eigenvalue weighted by atomic mass is 32.2. The molecule has 0 fully saturated rings. The quantitative estimate of drug-likeness (QED) is 0.429. The molecule has 2 aromatic carbocycles. The predicted molar refractivity (Wildman–Crippen MR) is 130 cm³/mol. The summed E-state index contributed by atoms with van der Waals surface area (Å²) in [6, 6.07) is 11.5. The van der Waals surface area contributed by atoms with E-state index in [1.807, 2.05) is 0 Å². The van der Waals surface area contributed by atoms with E-state index in [2.05, 4.69) is 5.32 Å². The Balaban J connectivity index is 2.03. The van der Waals surface area contributed by atoms with E-state index < -0.39 is 32.0 Å². The number of hydrogen-bond acceptors (Lipinski definition) is 7. The Bertz CT molecular complexity index is 1180. The first-order chi connectivity index (χ1) is 15.9. The molecule has 0 spiro atoms. The monoisotopic (exact) mass is 513 g/mol. The molecular weight excluding hydrogens is 482 g/mol. The van der Waals surface area contributed by atoms with E-state index in [0.717, 1.165) is 14.9 Å². The molecule has 34 heavy (non-hydrogen) atoms. The zero-order valence-electron chi connectivity index (χ0n) is 19.9. The van der Waals surface area contributed by atoms with Crippen molar-refractivity contribution in [1.29, 1.82) is 0 Å². The number of hydrogen-bond donors (Lipinski definition) is 1. The summed E-state index contributed by atoms with van der Waals surface area (Å²) in [6.45, 7) is 1.96. The summed E-state index contributed by atoms with van der Waals surface area (Å²) in [7, 11) is -2.92. The van der Waals surface area contributed by atoms with Crippen molar-refractivity contribution in [3.05, 3.63) is 48.5 Å². The topological polar surface area (TPSA) is 122 Å². The number of benzene rings is 2. The Morgan fingerprint density at radius 3 is 2.21 bits per heavy atom. The van der Waals surface area contributed by atoms with Crippen molar-refractivity contribution in [2.75, 3.05) is 44.9 Å². The number of ether oxygens (including phenoxy) is 2. The summed E-state index contributed by atoms with van der Waals surface area (Å²) in [5, 5.41) is 2.70. The molecule has 0 heterocycles. The van der Waals surface area contributed by atoms with Crippen molar-refractivity contribution in [3.63, 3.8) is 0 Å². The number of nitrogens with zero attached hydrogens (tertiary/aromatic N) is 2. The van der Waals surface area contributed by atoms with Gasteiger partial charge in [0.05, 0.1) is 30.5 Å². The smallest absolute Gasteiger partial charge is 0.244 e. The summed E-state index contributed by atoms with van der Waals surface area (Å²) in [5.74, 6) is 0.444. The van der Waals surface area contributed by atoms with Gasteiger partial charge >= 0.3 is 0 Å². The van der Waals surface area contributed by atoms with Crippen LogP contribution in [0.5, 0.6) is 11.5 Å². The van der Waals surface area contributed by atoms with Crippen LogP contribution in [-0.4, -0.2) is 73.7 Å². The third-order valence-corrected chi connectivity index (χ3v) is 7.92. The molecule has 0 aromatic heterocycles. The maximum absolute atomic E-state index is 12.8. The Morgan fingerprint density at radius 2 is 1.68 bits per heavy atom. The van der Waals surface area contributed by atoms with Gasteiger partial charge in [-0.1, -0.05) is 13.0 Å². The number of amides is 1. The fourth-order valence-electron chi connectivity index (χ4n) is 3.19. The van der Waals surface area contributed by atoms with Gasteiger partial charge in [-0.25, -0.2) is 21.1 Å². The van der Waals surface area contributed by atoms with Gasteiger partial charge < -0.3 is 14.8 Å². The van der Waals surface area contributed by atoms with E-state index in [1.54, 1.807) is 31.2 Å². The summed E-state index contributed by atoms with van der Waals surface area (Å²) in [5.41, 5.74) is 0.327. The third-order valence-electron chi connectivity index (χ3n) is 4.91. The third kappa shape index (κ3) is 6.84. The fourth-order valence-corrected chi connectivity index (χ4v) is 5.29. The van der Waals surface area contributed by atoms with E-state index in [-0.39, 0.29) is 24.5 Å². The molecular formula is C22H31N3O7S2. The highest BCUT2D eigenvalue weighted by Gasteiger charge is 2.31. The van der Waals surface area contributed by atoms with Gasteiger partial charge in [0.25, 0.3) is 0 Å². The van der Waals surface area contributed by atoms with Gasteiger partial charge in [-0.15, -0.1) is 0 Å². The van der Waals surface area contributed by atoms with Crippen molar-refractivity contribution in [2.24, 2.45) is 0 Å². The van der Waals surface area contributed by atoms with Crippen molar-refractivity contribution < 1.29 is 31.1 Å². The van der Waals surface area contributed by atoms with E-state index in [1.165, 1.54) is 45.5 Å². The Labute approximate surface area is 201 Å². The van der Waals surface area contributed by atoms with Crippen molar-refractivity contribution in [2.45, 2.75) is 24.3 Å². The molecule has 12 heteroatoms. The zero-order valence-corrected chi connectivity index (χ0v) is 21.5. The highest BCUT2D eigenvalue weighted by molar-refractivity contribution is 7.92. The minimum absolute atomic E-state index is 0.111. The normalized spacial score (nSPS) is 12.8. The van der Waals surface area contributed by atoms with Gasteiger partial charge in [0.15, 0.2) is 0 Å². The van der Waals surface area contributed by atoms with Crippen LogP contribution in [0.1, 0.15) is 13.3 Å². The van der Waals surface area contributed by atoms with Crippen LogP contribution in [0.15, 0.2) is 53.4 Å². The van der Waals surface area contributed by atoms with Gasteiger partial charge in [-0.2, -0.15) is 0 Å². The molecule has 1 N–H and O–H groups in total. The standard InChI is InChI=1S/C22H31N3O7S2/c1-6-21(25(33(5,27)28)17-8-7-9-19(16-17)31-4)22(26)23-14-15-32-18-10-12-20(13-11-18)34(29,30)24(2)3/h7-13,16,21H,6,14-15H2,1-5H3,(H,23,26)/t21-/m0/s1. The first-order valence-electron chi connectivity index (χ1n) is 10.5. The molecule has 1 atom stereocenters. The average molecular weight is 514 g/mol. The number of carbonyl (C=O) groups is 1. The number of sulfonamides is 2. The average Bonchev–Trinajstić information content (AvgIpc) is 2.79. The number of rotatable bonds is 12. The molecule has 0 aliphatic rings. The van der Waals surface area contributed by atoms with Crippen LogP contribution < -0.4 is 19.1 Å². The minimum Gasteiger partial charge on any atom is -0.497 e. The molecule has 0 bridgehead atoms. The lowest BCUT2D eigenvalue weighted by molar-refractivity contribution is -0.122. The SMILES string of the molecule is CC[C@@H](C(=O)NCCOc1ccc(S(=O)(=O)N(C)C)cc1)N(c1cccc(OC)c1)S(C)(=O)=O. The first kappa shape index (κ1) is 27.4. The molecule has 0 unspecified atom stereocenters. The summed E-state index contributed by atoms with van der Waals surface area (Å²) >= 11 is 0. The molecule has 0 radical (unpaired) electrons. The predicted octanol–water partition coefficient (Wildman–Crippen LogP) is 1.69. The van der Waals surface area contributed by atoms with E-state index in [0.29, 0.717) is 17.2 Å². The first-order valence-corrected chi connectivity index (χ1v) is 13.8. The molecule has 188 valence electrons. The van der Waals surface area contributed by atoms with Gasteiger partial charge in [0, 0.05) is 20.2 Å². The molecule has 0 aliphatic carbocycles. The van der Waals surface area contributed by atoms with Gasteiger partial charge in [0.1, 0.15) is 24.1 Å². The Kier molecular flexibility index (Phi) is 9.30. The Morgan fingerprint density at radius 1 is 1.03 bits per heavy atom. The number of methoxy groups -OCH3 is 1. The number of anilines is 1. The minimum atomic E-state index is -3.76. The molecule has 0 aliphatic heterocycles. The molecule has 10 nitrogen and oxygen atoms in total. The van der Waals surface area contributed by atoms with Crippen LogP contribution in [0.3, 0.4) is 0 Å². The molecule has 0 saturated carbocycles. The number of nitrogens with one attached hydrogen (secondary N) is 1. The van der Waals surface area contributed by atoms with Crippen LogP contribution in [0.4, 0.5) is 5.69 Å². The molecule has 2 aromatic rings. The second-order valence-corrected chi connectivity index (χ2v) is 11.6. The van der Waals surface area contributed by atoms with Crippen LogP contribution in [0.25, 0.3) is 0 Å². The summed E-state index contributed by atoms with van der Waals surface area (Å²) in [4.78, 5) is 13.0. The van der Waals surface area contributed by atoms with Crippen LogP contribution in [-0.2, 0) is 24.8 Å². The maximum Gasteiger partial charge on any atom is 0.244 e. The van der Waals surface area contributed by atoms with Crippen molar-refractivity contribution in [3.8, 4) is 11.5 Å². The lowest BCUT2D eigenvalue weighted by Gasteiger charge is -2.30. The molecule has 1 amide bonds.